The van der Waals surface area contributed by atoms with Crippen LogP contribution in [0.25, 0.3) is 0 Å². The van der Waals surface area contributed by atoms with Crippen LogP contribution in [-0.2, 0) is 27.9 Å². The molecule has 1 heterocycles. The molecule has 0 radical (unpaired) electrons. The molecule has 0 atom stereocenters. The number of amides is 1. The summed E-state index contributed by atoms with van der Waals surface area (Å²) >= 11 is 6.11. The summed E-state index contributed by atoms with van der Waals surface area (Å²) in [4.78, 5) is 12.7. The highest BCUT2D eigenvalue weighted by Crippen LogP contribution is 2.48. The number of rotatable bonds is 5. The van der Waals surface area contributed by atoms with E-state index >= 15 is 0 Å². The maximum absolute atomic E-state index is 14.4. The molecule has 0 fully saturated rings. The van der Waals surface area contributed by atoms with Gasteiger partial charge in [-0.05, 0) is 43.7 Å². The van der Waals surface area contributed by atoms with Crippen LogP contribution in [0.3, 0.4) is 0 Å². The Morgan fingerprint density at radius 3 is 2.26 bits per heavy atom. The Bertz CT molecular complexity index is 1420. The minimum absolute atomic E-state index is 0.00390. The number of benzene rings is 3. The summed E-state index contributed by atoms with van der Waals surface area (Å²) in [6, 6.07) is 9.14. The standard InChI is InChI=1S/C24H19ClF4N2O3S/c1-24(2)17-7-6-13(23(32)30-11-15-20(28)9-14(26)10-21(15)29)8-22(17)31(35(24,33)34)12-16-18(25)4-3-5-19(16)27/h3-10H,11-12H2,1-2H3,(H,30,32). The van der Waals surface area contributed by atoms with E-state index in [0.717, 1.165) is 10.4 Å². The molecule has 3 aromatic rings. The second-order valence-electron chi connectivity index (χ2n) is 8.48. The molecule has 0 unspecified atom stereocenters. The molecule has 1 N–H and O–H groups in total. The average molecular weight is 527 g/mol. The van der Waals surface area contributed by atoms with Crippen molar-refractivity contribution in [2.45, 2.75) is 31.7 Å². The number of carbonyl (C=O) groups excluding carboxylic acids is 1. The fourth-order valence-corrected chi connectivity index (χ4v) is 5.87. The number of anilines is 1. The zero-order valence-corrected chi connectivity index (χ0v) is 20.1. The molecule has 1 aliphatic rings. The van der Waals surface area contributed by atoms with Gasteiger partial charge in [-0.1, -0.05) is 23.7 Å². The molecule has 11 heteroatoms. The highest BCUT2D eigenvalue weighted by molar-refractivity contribution is 7.94. The molecule has 3 aromatic carbocycles. The van der Waals surface area contributed by atoms with Gasteiger partial charge in [0, 0.05) is 40.4 Å². The van der Waals surface area contributed by atoms with Crippen molar-refractivity contribution in [3.63, 3.8) is 0 Å². The SMILES string of the molecule is CC1(C)c2ccc(C(=O)NCc3c(F)cc(F)cc3F)cc2N(Cc2c(F)cccc2Cl)S1(=O)=O. The van der Waals surface area contributed by atoms with Crippen molar-refractivity contribution in [2.24, 2.45) is 0 Å². The Hall–Kier alpha value is -3.11. The van der Waals surface area contributed by atoms with Gasteiger partial charge in [-0.15, -0.1) is 0 Å². The molecule has 0 aliphatic carbocycles. The van der Waals surface area contributed by atoms with E-state index in [1.807, 2.05) is 0 Å². The van der Waals surface area contributed by atoms with Crippen molar-refractivity contribution < 1.29 is 30.8 Å². The van der Waals surface area contributed by atoms with Gasteiger partial charge in [0.1, 0.15) is 28.0 Å². The number of carbonyl (C=O) groups is 1. The van der Waals surface area contributed by atoms with Gasteiger partial charge in [-0.3, -0.25) is 9.10 Å². The van der Waals surface area contributed by atoms with Crippen LogP contribution in [0.4, 0.5) is 23.2 Å². The Labute approximate surface area is 204 Å². The summed E-state index contributed by atoms with van der Waals surface area (Å²) in [5.41, 5.74) is -0.0126. The third kappa shape index (κ3) is 4.25. The lowest BCUT2D eigenvalue weighted by atomic mass is 9.98. The maximum Gasteiger partial charge on any atom is 0.251 e. The highest BCUT2D eigenvalue weighted by Gasteiger charge is 2.50. The predicted octanol–water partition coefficient (Wildman–Crippen LogP) is 5.41. The minimum atomic E-state index is -4.03. The minimum Gasteiger partial charge on any atom is -0.348 e. The largest absolute Gasteiger partial charge is 0.348 e. The molecule has 0 spiro atoms. The molecule has 1 aliphatic heterocycles. The van der Waals surface area contributed by atoms with Crippen molar-refractivity contribution in [1.29, 1.82) is 0 Å². The third-order valence-electron chi connectivity index (χ3n) is 6.01. The lowest BCUT2D eigenvalue weighted by Crippen LogP contribution is -2.35. The second-order valence-corrected chi connectivity index (χ2v) is 11.3. The number of nitrogens with one attached hydrogen (secondary N) is 1. The summed E-state index contributed by atoms with van der Waals surface area (Å²) in [6.45, 7) is 2.02. The summed E-state index contributed by atoms with van der Waals surface area (Å²) in [6.07, 6.45) is 0. The summed E-state index contributed by atoms with van der Waals surface area (Å²) in [5.74, 6) is -4.83. The average Bonchev–Trinajstić information content (AvgIpc) is 2.91. The number of hydrogen-bond acceptors (Lipinski definition) is 3. The second kappa shape index (κ2) is 8.83. The first kappa shape index (κ1) is 25.0. The topological polar surface area (TPSA) is 66.5 Å². The molecular weight excluding hydrogens is 508 g/mol. The first-order valence-electron chi connectivity index (χ1n) is 10.4. The molecule has 0 saturated carbocycles. The smallest absolute Gasteiger partial charge is 0.251 e. The van der Waals surface area contributed by atoms with Crippen molar-refractivity contribution in [1.82, 2.24) is 5.32 Å². The Kier molecular flexibility index (Phi) is 6.31. The number of nitrogens with zero attached hydrogens (tertiary/aromatic N) is 1. The number of hydrogen-bond donors (Lipinski definition) is 1. The zero-order valence-electron chi connectivity index (χ0n) is 18.5. The van der Waals surface area contributed by atoms with Gasteiger partial charge >= 0.3 is 0 Å². The number of fused-ring (bicyclic) bond motifs is 1. The Balaban J connectivity index is 1.68. The van der Waals surface area contributed by atoms with Gasteiger partial charge in [-0.2, -0.15) is 0 Å². The summed E-state index contributed by atoms with van der Waals surface area (Å²) < 4.78 is 81.6. The van der Waals surface area contributed by atoms with Crippen LogP contribution in [0.2, 0.25) is 5.02 Å². The van der Waals surface area contributed by atoms with Crippen LogP contribution in [0.1, 0.15) is 40.9 Å². The number of sulfonamides is 1. The molecule has 1 amide bonds. The molecule has 0 bridgehead atoms. The van der Waals surface area contributed by atoms with E-state index in [9.17, 15) is 30.8 Å². The van der Waals surface area contributed by atoms with E-state index in [2.05, 4.69) is 5.32 Å². The van der Waals surface area contributed by atoms with Gasteiger partial charge in [0.2, 0.25) is 10.0 Å². The number of halogens is 5. The zero-order chi connectivity index (χ0) is 25.7. The molecule has 184 valence electrons. The van der Waals surface area contributed by atoms with Crippen molar-refractivity contribution in [3.05, 3.63) is 99.1 Å². The van der Waals surface area contributed by atoms with Gasteiger partial charge in [-0.25, -0.2) is 26.0 Å². The van der Waals surface area contributed by atoms with E-state index in [1.165, 1.54) is 44.2 Å². The van der Waals surface area contributed by atoms with Gasteiger partial charge in [0.25, 0.3) is 5.91 Å². The first-order chi connectivity index (χ1) is 16.3. The Morgan fingerprint density at radius 1 is 0.971 bits per heavy atom. The van der Waals surface area contributed by atoms with Crippen LogP contribution >= 0.6 is 11.6 Å². The van der Waals surface area contributed by atoms with Gasteiger partial charge in [0.05, 0.1) is 12.2 Å². The van der Waals surface area contributed by atoms with Crippen LogP contribution in [0, 0.1) is 23.3 Å². The van der Waals surface area contributed by atoms with E-state index in [1.54, 1.807) is 0 Å². The maximum atomic E-state index is 14.4. The van der Waals surface area contributed by atoms with Gasteiger partial charge in [0.15, 0.2) is 0 Å². The molecule has 0 aromatic heterocycles. The lowest BCUT2D eigenvalue weighted by Gasteiger charge is -2.23. The van der Waals surface area contributed by atoms with Crippen molar-refractivity contribution in [3.8, 4) is 0 Å². The highest BCUT2D eigenvalue weighted by atomic mass is 35.5. The van der Waals surface area contributed by atoms with Crippen molar-refractivity contribution >= 4 is 33.2 Å². The van der Waals surface area contributed by atoms with E-state index in [4.69, 9.17) is 11.6 Å². The van der Waals surface area contributed by atoms with Crippen molar-refractivity contribution in [2.75, 3.05) is 4.31 Å². The van der Waals surface area contributed by atoms with Crippen LogP contribution in [-0.4, -0.2) is 14.3 Å². The summed E-state index contributed by atoms with van der Waals surface area (Å²) in [7, 11) is -4.03. The van der Waals surface area contributed by atoms with Crippen LogP contribution in [0.5, 0.6) is 0 Å². The molecule has 0 saturated heterocycles. The predicted molar refractivity (Wildman–Crippen MR) is 123 cm³/mol. The fourth-order valence-electron chi connectivity index (χ4n) is 3.94. The van der Waals surface area contributed by atoms with Crippen LogP contribution in [0.15, 0.2) is 48.5 Å². The molecular formula is C24H19ClF4N2O3S. The quantitative estimate of drug-likeness (QED) is 0.452. The Morgan fingerprint density at radius 2 is 1.63 bits per heavy atom. The summed E-state index contributed by atoms with van der Waals surface area (Å²) in [5, 5.41) is 2.39. The molecule has 35 heavy (non-hydrogen) atoms. The molecule has 5 nitrogen and oxygen atoms in total. The third-order valence-corrected chi connectivity index (χ3v) is 8.78. The molecule has 4 rings (SSSR count). The van der Waals surface area contributed by atoms with Gasteiger partial charge < -0.3 is 5.32 Å². The fraction of sp³-hybridized carbons (Fsp3) is 0.208. The lowest BCUT2D eigenvalue weighted by molar-refractivity contribution is 0.0950. The van der Waals surface area contributed by atoms with E-state index < -0.39 is 62.6 Å². The first-order valence-corrected chi connectivity index (χ1v) is 12.2. The normalized spacial score (nSPS) is 15.7. The monoisotopic (exact) mass is 526 g/mol. The van der Waals surface area contributed by atoms with E-state index in [-0.39, 0.29) is 21.8 Å². The van der Waals surface area contributed by atoms with Crippen LogP contribution < -0.4 is 9.62 Å². The van der Waals surface area contributed by atoms with E-state index in [0.29, 0.717) is 17.7 Å².